The van der Waals surface area contributed by atoms with Crippen LogP contribution in [-0.4, -0.2) is 18.1 Å². The van der Waals surface area contributed by atoms with Gasteiger partial charge in [0.15, 0.2) is 0 Å². The Morgan fingerprint density at radius 3 is 2.39 bits per heavy atom. The second-order valence-electron chi connectivity index (χ2n) is 3.98. The number of nitrogens with one attached hydrogen (secondary N) is 1. The van der Waals surface area contributed by atoms with Crippen molar-refractivity contribution >= 4 is 5.91 Å². The van der Waals surface area contributed by atoms with E-state index in [0.29, 0.717) is 5.56 Å². The first-order chi connectivity index (χ1) is 8.76. The zero-order valence-corrected chi connectivity index (χ0v) is 10.2. The highest BCUT2D eigenvalue weighted by atomic mass is 16.3. The molecule has 2 aromatic rings. The molecule has 92 valence electrons. The first-order valence-electron chi connectivity index (χ1n) is 5.77. The minimum atomic E-state index is -0.100. The number of hydrogen-bond acceptors (Lipinski definition) is 2. The quantitative estimate of drug-likeness (QED) is 0.865. The molecule has 2 N–H and O–H groups in total. The topological polar surface area (TPSA) is 49.3 Å². The van der Waals surface area contributed by atoms with E-state index in [4.69, 9.17) is 5.11 Å². The highest BCUT2D eigenvalue weighted by molar-refractivity contribution is 6.00. The number of benzene rings is 2. The van der Waals surface area contributed by atoms with Crippen molar-refractivity contribution in [3.63, 3.8) is 0 Å². The van der Waals surface area contributed by atoms with E-state index in [2.05, 4.69) is 5.32 Å². The first kappa shape index (κ1) is 12.3. The van der Waals surface area contributed by atoms with Crippen LogP contribution in [0.5, 0.6) is 0 Å². The third-order valence-electron chi connectivity index (χ3n) is 2.85. The van der Waals surface area contributed by atoms with Crippen LogP contribution in [0.2, 0.25) is 0 Å². The van der Waals surface area contributed by atoms with Crippen molar-refractivity contribution in [3.8, 4) is 11.1 Å². The molecule has 0 heterocycles. The van der Waals surface area contributed by atoms with Gasteiger partial charge < -0.3 is 10.4 Å². The number of amides is 1. The number of rotatable bonds is 3. The van der Waals surface area contributed by atoms with E-state index in [1.54, 1.807) is 13.1 Å². The summed E-state index contributed by atoms with van der Waals surface area (Å²) in [4.78, 5) is 11.8. The Balaban J connectivity index is 2.46. The molecule has 0 aliphatic heterocycles. The fourth-order valence-electron chi connectivity index (χ4n) is 1.86. The van der Waals surface area contributed by atoms with Crippen molar-refractivity contribution in [2.24, 2.45) is 0 Å². The molecular weight excluding hydrogens is 226 g/mol. The summed E-state index contributed by atoms with van der Waals surface area (Å²) >= 11 is 0. The average molecular weight is 241 g/mol. The Labute approximate surface area is 106 Å². The van der Waals surface area contributed by atoms with Crippen LogP contribution < -0.4 is 5.32 Å². The molecule has 0 atom stereocenters. The van der Waals surface area contributed by atoms with Gasteiger partial charge >= 0.3 is 0 Å². The predicted octanol–water partition coefficient (Wildman–Crippen LogP) is 2.21. The monoisotopic (exact) mass is 241 g/mol. The van der Waals surface area contributed by atoms with Crippen molar-refractivity contribution in [1.29, 1.82) is 0 Å². The average Bonchev–Trinajstić information content (AvgIpc) is 2.46. The highest BCUT2D eigenvalue weighted by Gasteiger charge is 2.10. The van der Waals surface area contributed by atoms with Gasteiger partial charge in [0.05, 0.1) is 6.61 Å². The molecule has 0 aliphatic carbocycles. The van der Waals surface area contributed by atoms with E-state index < -0.39 is 0 Å². The molecular formula is C15H15NO2. The molecule has 18 heavy (non-hydrogen) atoms. The highest BCUT2D eigenvalue weighted by Crippen LogP contribution is 2.24. The summed E-state index contributed by atoms with van der Waals surface area (Å²) in [6, 6.07) is 15.0. The lowest BCUT2D eigenvalue weighted by Gasteiger charge is -2.08. The van der Waals surface area contributed by atoms with E-state index in [-0.39, 0.29) is 12.5 Å². The lowest BCUT2D eigenvalue weighted by Crippen LogP contribution is -2.18. The molecule has 0 unspecified atom stereocenters. The van der Waals surface area contributed by atoms with Gasteiger partial charge in [0.2, 0.25) is 0 Å². The minimum absolute atomic E-state index is 0.0252. The number of aliphatic hydroxyl groups is 1. The fourth-order valence-corrected chi connectivity index (χ4v) is 1.86. The molecule has 0 spiro atoms. The van der Waals surface area contributed by atoms with Crippen LogP contribution in [0.4, 0.5) is 0 Å². The van der Waals surface area contributed by atoms with Gasteiger partial charge in [-0.3, -0.25) is 4.79 Å². The zero-order valence-electron chi connectivity index (χ0n) is 10.2. The molecule has 0 fully saturated rings. The Bertz CT molecular complexity index is 547. The van der Waals surface area contributed by atoms with Crippen LogP contribution in [0.15, 0.2) is 48.5 Å². The van der Waals surface area contributed by atoms with E-state index in [1.165, 1.54) is 0 Å². The summed E-state index contributed by atoms with van der Waals surface area (Å²) in [5.74, 6) is -0.100. The van der Waals surface area contributed by atoms with Gasteiger partial charge in [0.25, 0.3) is 5.91 Å². The van der Waals surface area contributed by atoms with Crippen molar-refractivity contribution in [2.75, 3.05) is 7.05 Å². The van der Waals surface area contributed by atoms with Crippen molar-refractivity contribution < 1.29 is 9.90 Å². The molecule has 3 nitrogen and oxygen atoms in total. The SMILES string of the molecule is CNC(=O)c1ccccc1-c1ccc(CO)cc1. The van der Waals surface area contributed by atoms with Crippen molar-refractivity contribution in [1.82, 2.24) is 5.32 Å². The Hall–Kier alpha value is -2.13. The molecule has 1 amide bonds. The van der Waals surface area contributed by atoms with Gasteiger partial charge in [-0.15, -0.1) is 0 Å². The van der Waals surface area contributed by atoms with Gasteiger partial charge in [-0.1, -0.05) is 42.5 Å². The zero-order chi connectivity index (χ0) is 13.0. The molecule has 0 radical (unpaired) electrons. The van der Waals surface area contributed by atoms with Crippen LogP contribution in [0, 0.1) is 0 Å². The largest absolute Gasteiger partial charge is 0.392 e. The summed E-state index contributed by atoms with van der Waals surface area (Å²) in [5.41, 5.74) is 3.36. The van der Waals surface area contributed by atoms with Gasteiger partial charge in [0, 0.05) is 12.6 Å². The van der Waals surface area contributed by atoms with Gasteiger partial charge in [-0.2, -0.15) is 0 Å². The maximum absolute atomic E-state index is 11.8. The molecule has 0 bridgehead atoms. The van der Waals surface area contributed by atoms with Crippen molar-refractivity contribution in [2.45, 2.75) is 6.61 Å². The third-order valence-corrected chi connectivity index (χ3v) is 2.85. The fraction of sp³-hybridized carbons (Fsp3) is 0.133. The molecule has 2 aromatic carbocycles. The number of hydrogen-bond donors (Lipinski definition) is 2. The Morgan fingerprint density at radius 2 is 1.78 bits per heavy atom. The molecule has 0 aliphatic rings. The summed E-state index contributed by atoms with van der Waals surface area (Å²) in [6.07, 6.45) is 0. The molecule has 3 heteroatoms. The van der Waals surface area contributed by atoms with Crippen LogP contribution >= 0.6 is 0 Å². The summed E-state index contributed by atoms with van der Waals surface area (Å²) < 4.78 is 0. The predicted molar refractivity (Wildman–Crippen MR) is 71.2 cm³/mol. The number of carbonyl (C=O) groups is 1. The van der Waals surface area contributed by atoms with Crippen LogP contribution in [0.3, 0.4) is 0 Å². The minimum Gasteiger partial charge on any atom is -0.392 e. The molecule has 2 rings (SSSR count). The van der Waals surface area contributed by atoms with Crippen LogP contribution in [-0.2, 0) is 6.61 Å². The van der Waals surface area contributed by atoms with Gasteiger partial charge in [0.1, 0.15) is 0 Å². The van der Waals surface area contributed by atoms with E-state index in [1.807, 2.05) is 42.5 Å². The second-order valence-corrected chi connectivity index (χ2v) is 3.98. The van der Waals surface area contributed by atoms with Crippen molar-refractivity contribution in [3.05, 3.63) is 59.7 Å². The summed E-state index contributed by atoms with van der Waals surface area (Å²) in [5, 5.41) is 11.7. The lowest BCUT2D eigenvalue weighted by atomic mass is 9.98. The van der Waals surface area contributed by atoms with Crippen LogP contribution in [0.1, 0.15) is 15.9 Å². The normalized spacial score (nSPS) is 10.1. The number of aliphatic hydroxyl groups excluding tert-OH is 1. The van der Waals surface area contributed by atoms with Gasteiger partial charge in [-0.05, 0) is 22.8 Å². The van der Waals surface area contributed by atoms with E-state index >= 15 is 0 Å². The second kappa shape index (κ2) is 5.47. The standard InChI is InChI=1S/C15H15NO2/c1-16-15(18)14-5-3-2-4-13(14)12-8-6-11(10-17)7-9-12/h2-9,17H,10H2,1H3,(H,16,18). The first-order valence-corrected chi connectivity index (χ1v) is 5.77. The Morgan fingerprint density at radius 1 is 1.11 bits per heavy atom. The molecule has 0 saturated heterocycles. The van der Waals surface area contributed by atoms with E-state index in [0.717, 1.165) is 16.7 Å². The lowest BCUT2D eigenvalue weighted by molar-refractivity contribution is 0.0963. The van der Waals surface area contributed by atoms with Gasteiger partial charge in [-0.25, -0.2) is 0 Å². The maximum atomic E-state index is 11.8. The molecule has 0 saturated carbocycles. The van der Waals surface area contributed by atoms with E-state index in [9.17, 15) is 4.79 Å². The summed E-state index contributed by atoms with van der Waals surface area (Å²) in [6.45, 7) is 0.0252. The third kappa shape index (κ3) is 2.41. The summed E-state index contributed by atoms with van der Waals surface area (Å²) in [7, 11) is 1.62. The van der Waals surface area contributed by atoms with Crippen LogP contribution in [0.25, 0.3) is 11.1 Å². The maximum Gasteiger partial charge on any atom is 0.251 e. The Kier molecular flexibility index (Phi) is 3.75. The molecule has 0 aromatic heterocycles. The number of carbonyl (C=O) groups excluding carboxylic acids is 1. The smallest absolute Gasteiger partial charge is 0.251 e.